The van der Waals surface area contributed by atoms with Crippen molar-refractivity contribution in [1.29, 1.82) is 0 Å². The Labute approximate surface area is 184 Å². The predicted molar refractivity (Wildman–Crippen MR) is 124 cm³/mol. The van der Waals surface area contributed by atoms with Crippen molar-refractivity contribution in [2.75, 3.05) is 26.3 Å². The van der Waals surface area contributed by atoms with Gasteiger partial charge in [-0.25, -0.2) is 4.98 Å². The summed E-state index contributed by atoms with van der Waals surface area (Å²) in [6.07, 6.45) is 10.4. The lowest BCUT2D eigenvalue weighted by Gasteiger charge is -2.34. The van der Waals surface area contributed by atoms with Crippen LogP contribution in [-0.4, -0.2) is 47.3 Å². The van der Waals surface area contributed by atoms with Crippen molar-refractivity contribution in [2.45, 2.75) is 58.4 Å². The Balaban J connectivity index is 0.00000124. The topological polar surface area (TPSA) is 54.8 Å². The monoisotopic (exact) mass is 430 g/mol. The van der Waals surface area contributed by atoms with Crippen molar-refractivity contribution in [1.82, 2.24) is 9.88 Å². The van der Waals surface area contributed by atoms with Crippen LogP contribution >= 0.6 is 11.3 Å². The molecule has 30 heavy (non-hydrogen) atoms. The van der Waals surface area contributed by atoms with Gasteiger partial charge in [0.05, 0.1) is 22.6 Å². The van der Waals surface area contributed by atoms with E-state index in [1.807, 2.05) is 44.2 Å². The number of rotatable bonds is 7. The van der Waals surface area contributed by atoms with Gasteiger partial charge in [-0.2, -0.15) is 0 Å². The Bertz CT molecular complexity index is 813. The molecule has 1 aliphatic carbocycles. The second-order valence-corrected chi connectivity index (χ2v) is 8.38. The van der Waals surface area contributed by atoms with Crippen molar-refractivity contribution >= 4 is 21.6 Å². The van der Waals surface area contributed by atoms with Crippen LogP contribution in [0.25, 0.3) is 10.2 Å². The fraction of sp³-hybridized carbons (Fsp3) is 0.542. The zero-order valence-electron chi connectivity index (χ0n) is 18.2. The Morgan fingerprint density at radius 2 is 1.90 bits per heavy atom. The van der Waals surface area contributed by atoms with Gasteiger partial charge in [0, 0.05) is 25.4 Å². The number of allylic oxidation sites excluding steroid dienone is 4. The molecule has 1 unspecified atom stereocenters. The van der Waals surface area contributed by atoms with Gasteiger partial charge in [0.15, 0.2) is 0 Å². The number of likely N-dealkylation sites (tertiary alicyclic amines) is 1. The van der Waals surface area contributed by atoms with E-state index in [0.29, 0.717) is 17.8 Å². The molecule has 2 heterocycles. The summed E-state index contributed by atoms with van der Waals surface area (Å²) in [5.41, 5.74) is 0.982. The third-order valence-corrected chi connectivity index (χ3v) is 6.33. The van der Waals surface area contributed by atoms with Crippen LogP contribution < -0.4 is 4.74 Å². The highest BCUT2D eigenvalue weighted by atomic mass is 32.1. The lowest BCUT2D eigenvalue weighted by atomic mass is 10.0. The molecule has 1 aromatic carbocycles. The number of hydrogen-bond donors (Lipinski definition) is 1. The molecule has 0 radical (unpaired) electrons. The highest BCUT2D eigenvalue weighted by Gasteiger charge is 2.21. The second kappa shape index (κ2) is 12.1. The molecular formula is C24H34N2O3S. The van der Waals surface area contributed by atoms with Crippen molar-refractivity contribution in [3.63, 3.8) is 0 Å². The molecule has 1 atom stereocenters. The van der Waals surface area contributed by atoms with Crippen LogP contribution in [0.5, 0.6) is 5.19 Å². The molecule has 5 nitrogen and oxygen atoms in total. The van der Waals surface area contributed by atoms with Gasteiger partial charge in [-0.1, -0.05) is 43.7 Å². The van der Waals surface area contributed by atoms with Gasteiger partial charge in [0.2, 0.25) is 0 Å². The summed E-state index contributed by atoms with van der Waals surface area (Å²) >= 11 is 1.58. The molecule has 4 rings (SSSR count). The summed E-state index contributed by atoms with van der Waals surface area (Å²) in [4.78, 5) is 6.91. The Morgan fingerprint density at radius 1 is 1.10 bits per heavy atom. The SMILES string of the molecule is CC.OCC1CCCCN1CCOC1=CC=C(Oc2nc3ccccc3s2)CCC1. The Hall–Kier alpha value is -1.89. The molecule has 1 aromatic heterocycles. The molecule has 2 aromatic rings. The lowest BCUT2D eigenvalue weighted by Crippen LogP contribution is -2.43. The van der Waals surface area contributed by atoms with E-state index >= 15 is 0 Å². The van der Waals surface area contributed by atoms with E-state index in [0.717, 1.165) is 60.5 Å². The predicted octanol–water partition coefficient (Wildman–Crippen LogP) is 5.52. The van der Waals surface area contributed by atoms with E-state index in [4.69, 9.17) is 9.47 Å². The highest BCUT2D eigenvalue weighted by Crippen LogP contribution is 2.30. The summed E-state index contributed by atoms with van der Waals surface area (Å²) in [5, 5.41) is 10.2. The molecular weight excluding hydrogens is 396 g/mol. The third kappa shape index (κ3) is 6.30. The van der Waals surface area contributed by atoms with Crippen LogP contribution in [-0.2, 0) is 4.74 Å². The summed E-state index contributed by atoms with van der Waals surface area (Å²) in [6, 6.07) is 8.39. The summed E-state index contributed by atoms with van der Waals surface area (Å²) in [5.74, 6) is 1.95. The number of hydrogen-bond acceptors (Lipinski definition) is 6. The number of benzene rings is 1. The average Bonchev–Trinajstić information content (AvgIpc) is 3.07. The number of ether oxygens (including phenoxy) is 2. The van der Waals surface area contributed by atoms with Crippen molar-refractivity contribution < 1.29 is 14.6 Å². The Kier molecular flexibility index (Phi) is 9.18. The highest BCUT2D eigenvalue weighted by molar-refractivity contribution is 7.20. The Morgan fingerprint density at radius 3 is 2.73 bits per heavy atom. The van der Waals surface area contributed by atoms with E-state index in [2.05, 4.69) is 16.0 Å². The summed E-state index contributed by atoms with van der Waals surface area (Å²) < 4.78 is 13.2. The minimum absolute atomic E-state index is 0.248. The molecule has 6 heteroatoms. The van der Waals surface area contributed by atoms with Gasteiger partial charge in [-0.05, 0) is 50.1 Å². The van der Waals surface area contributed by atoms with Gasteiger partial charge in [0.1, 0.15) is 12.4 Å². The number of fused-ring (bicyclic) bond motifs is 1. The first kappa shape index (κ1) is 22.8. The minimum Gasteiger partial charge on any atom is -0.497 e. The van der Waals surface area contributed by atoms with Crippen molar-refractivity contribution in [3.8, 4) is 5.19 Å². The normalized spacial score (nSPS) is 19.9. The van der Waals surface area contributed by atoms with Crippen LogP contribution in [0.2, 0.25) is 0 Å². The first-order valence-corrected chi connectivity index (χ1v) is 12.0. The molecule has 1 aliphatic heterocycles. The first-order valence-electron chi connectivity index (χ1n) is 11.2. The number of piperidine rings is 1. The largest absolute Gasteiger partial charge is 0.497 e. The zero-order valence-corrected chi connectivity index (χ0v) is 19.0. The van der Waals surface area contributed by atoms with Gasteiger partial charge in [0.25, 0.3) is 5.19 Å². The third-order valence-electron chi connectivity index (χ3n) is 5.42. The van der Waals surface area contributed by atoms with Crippen LogP contribution in [0.15, 0.2) is 47.9 Å². The average molecular weight is 431 g/mol. The maximum absolute atomic E-state index is 9.52. The van der Waals surface area contributed by atoms with E-state index in [1.54, 1.807) is 11.3 Å². The number of nitrogens with zero attached hydrogens (tertiary/aromatic N) is 2. The van der Waals surface area contributed by atoms with E-state index in [-0.39, 0.29) is 6.61 Å². The molecule has 0 saturated carbocycles. The lowest BCUT2D eigenvalue weighted by molar-refractivity contribution is 0.0646. The van der Waals surface area contributed by atoms with Crippen LogP contribution in [0.3, 0.4) is 0 Å². The molecule has 0 spiro atoms. The van der Waals surface area contributed by atoms with Gasteiger partial charge >= 0.3 is 0 Å². The minimum atomic E-state index is 0.248. The van der Waals surface area contributed by atoms with Crippen LogP contribution in [0, 0.1) is 0 Å². The molecule has 1 fully saturated rings. The summed E-state index contributed by atoms with van der Waals surface area (Å²) in [7, 11) is 0. The second-order valence-electron chi connectivity index (χ2n) is 7.39. The quantitative estimate of drug-likeness (QED) is 0.627. The number of aliphatic hydroxyl groups excluding tert-OH is 1. The standard InChI is InChI=1S/C22H28N2O3S.C2H6/c25-16-17-6-3-4-13-24(17)14-15-26-18-7-5-8-19(12-11-18)27-22-23-20-9-1-2-10-21(20)28-22;1-2/h1-2,9-12,17,25H,3-8,13-16H2;1-2H3. The van der Waals surface area contributed by atoms with E-state index in [1.165, 1.54) is 12.8 Å². The van der Waals surface area contributed by atoms with Gasteiger partial charge in [-0.3, -0.25) is 4.90 Å². The van der Waals surface area contributed by atoms with Gasteiger partial charge < -0.3 is 14.6 Å². The summed E-state index contributed by atoms with van der Waals surface area (Å²) in [6.45, 7) is 6.86. The van der Waals surface area contributed by atoms with Gasteiger partial charge in [-0.15, -0.1) is 0 Å². The molecule has 0 amide bonds. The molecule has 0 bridgehead atoms. The van der Waals surface area contributed by atoms with E-state index < -0.39 is 0 Å². The number of aromatic nitrogens is 1. The van der Waals surface area contributed by atoms with Crippen LogP contribution in [0.4, 0.5) is 0 Å². The molecule has 1 N–H and O–H groups in total. The number of aliphatic hydroxyl groups is 1. The zero-order chi connectivity index (χ0) is 21.2. The van der Waals surface area contributed by atoms with Crippen LogP contribution in [0.1, 0.15) is 52.4 Å². The van der Waals surface area contributed by atoms with Crippen molar-refractivity contribution in [2.24, 2.45) is 0 Å². The molecule has 1 saturated heterocycles. The first-order chi connectivity index (χ1) is 14.8. The maximum atomic E-state index is 9.52. The molecule has 2 aliphatic rings. The molecule has 164 valence electrons. The fourth-order valence-corrected chi connectivity index (χ4v) is 4.70. The van der Waals surface area contributed by atoms with Crippen molar-refractivity contribution in [3.05, 3.63) is 47.9 Å². The number of thiazole rings is 1. The smallest absolute Gasteiger partial charge is 0.279 e. The fourth-order valence-electron chi connectivity index (χ4n) is 3.86. The number of para-hydroxylation sites is 1. The maximum Gasteiger partial charge on any atom is 0.279 e. The van der Waals surface area contributed by atoms with E-state index in [9.17, 15) is 5.11 Å².